The fourth-order valence-corrected chi connectivity index (χ4v) is 1.70. The maximum atomic E-state index is 7.34. The van der Waals surface area contributed by atoms with Gasteiger partial charge >= 0.3 is 0 Å². The predicted octanol–water partition coefficient (Wildman–Crippen LogP) is 1.67. The van der Waals surface area contributed by atoms with Gasteiger partial charge in [0, 0.05) is 0 Å². The lowest BCUT2D eigenvalue weighted by atomic mass is 10.1. The van der Waals surface area contributed by atoms with Crippen molar-refractivity contribution >= 4 is 0 Å². The molecule has 0 aliphatic carbocycles. The number of methoxy groups -OCH3 is 5. The lowest BCUT2D eigenvalue weighted by Gasteiger charge is -2.19. The summed E-state index contributed by atoms with van der Waals surface area (Å²) in [7, 11) is 7.35. The van der Waals surface area contributed by atoms with Crippen LogP contribution < -0.4 is 23.7 Å². The largest absolute Gasteiger partial charge is 0.491 e. The molecule has 5 nitrogen and oxygen atoms in total. The van der Waals surface area contributed by atoms with Gasteiger partial charge in [-0.25, -0.2) is 0 Å². The van der Waals surface area contributed by atoms with E-state index in [2.05, 4.69) is 5.92 Å². The summed E-state index contributed by atoms with van der Waals surface area (Å²) in [4.78, 5) is 0. The minimum Gasteiger partial charge on any atom is -0.491 e. The molecule has 0 amide bonds. The fraction of sp³-hybridized carbons (Fsp3) is 0.385. The smallest absolute Gasteiger partial charge is 0.211 e. The van der Waals surface area contributed by atoms with Crippen LogP contribution in [0.15, 0.2) is 0 Å². The molecule has 0 saturated heterocycles. The zero-order valence-electron chi connectivity index (χ0n) is 11.0. The molecule has 0 saturated carbocycles. The van der Waals surface area contributed by atoms with Gasteiger partial charge in [0.25, 0.3) is 0 Å². The van der Waals surface area contributed by atoms with Crippen LogP contribution in [0.2, 0.25) is 0 Å². The van der Waals surface area contributed by atoms with Gasteiger partial charge in [-0.05, 0) is 12.3 Å². The Labute approximate surface area is 107 Å². The highest BCUT2D eigenvalue weighted by molar-refractivity contribution is 5.73. The fourth-order valence-electron chi connectivity index (χ4n) is 1.70. The highest BCUT2D eigenvalue weighted by Crippen LogP contribution is 2.52. The Hall–Kier alpha value is -2.22. The Balaban J connectivity index is 3.79. The average Bonchev–Trinajstić information content (AvgIpc) is 2.43. The van der Waals surface area contributed by atoms with Gasteiger partial charge in [0.05, 0.1) is 35.5 Å². The number of benzene rings is 1. The summed E-state index contributed by atoms with van der Waals surface area (Å²) in [6.45, 7) is 0. The second kappa shape index (κ2) is 5.92. The molecule has 1 aromatic carbocycles. The summed E-state index contributed by atoms with van der Waals surface area (Å²) in [5.74, 6) is 3.86. The van der Waals surface area contributed by atoms with Crippen molar-refractivity contribution in [3.63, 3.8) is 0 Å². The van der Waals surface area contributed by atoms with Gasteiger partial charge in [-0.2, -0.15) is 0 Å². The Morgan fingerprint density at radius 1 is 0.611 bits per heavy atom. The molecule has 0 fully saturated rings. The van der Waals surface area contributed by atoms with Crippen molar-refractivity contribution in [2.45, 2.75) is 0 Å². The van der Waals surface area contributed by atoms with Crippen molar-refractivity contribution in [3.8, 4) is 34.7 Å². The first kappa shape index (κ1) is 13.8. The third-order valence-electron chi connectivity index (χ3n) is 2.42. The standard InChI is InChI=1S/C13H15O5/c1-7-8-9(14-2)11(16-4)13(18-6)12(17-5)10(8)15-3/h2-6H3. The summed E-state index contributed by atoms with van der Waals surface area (Å²) in [5, 5.41) is 0. The molecule has 97 valence electrons. The normalized spacial score (nSPS) is 9.33. The molecule has 1 aromatic rings. The van der Waals surface area contributed by atoms with Crippen LogP contribution >= 0.6 is 0 Å². The molecule has 0 unspecified atom stereocenters. The molecule has 1 radical (unpaired) electrons. The van der Waals surface area contributed by atoms with Crippen LogP contribution in [0.4, 0.5) is 0 Å². The Morgan fingerprint density at radius 2 is 0.889 bits per heavy atom. The summed E-state index contributed by atoms with van der Waals surface area (Å²) in [6.07, 6.45) is 7.34. The SMILES string of the molecule is [C]#Cc1c(OC)c(OC)c(OC)c(OC)c1OC. The van der Waals surface area contributed by atoms with Gasteiger partial charge < -0.3 is 23.7 Å². The van der Waals surface area contributed by atoms with Crippen LogP contribution in [0.25, 0.3) is 0 Å². The molecule has 0 spiro atoms. The van der Waals surface area contributed by atoms with Crippen LogP contribution in [-0.4, -0.2) is 35.5 Å². The molecular formula is C13H15O5. The average molecular weight is 251 g/mol. The second-order valence-electron chi connectivity index (χ2n) is 3.17. The van der Waals surface area contributed by atoms with Crippen molar-refractivity contribution in [2.24, 2.45) is 0 Å². The molecule has 18 heavy (non-hydrogen) atoms. The first-order valence-electron chi connectivity index (χ1n) is 5.06. The third-order valence-corrected chi connectivity index (χ3v) is 2.42. The van der Waals surface area contributed by atoms with Gasteiger partial charge in [-0.1, -0.05) is 0 Å². The molecule has 0 aromatic heterocycles. The van der Waals surface area contributed by atoms with Crippen LogP contribution in [-0.2, 0) is 0 Å². The molecule has 0 N–H and O–H groups in total. The molecule has 0 aliphatic rings. The van der Waals surface area contributed by atoms with E-state index >= 15 is 0 Å². The molecular weight excluding hydrogens is 236 g/mol. The Bertz CT molecular complexity index is 440. The lowest BCUT2D eigenvalue weighted by molar-refractivity contribution is 0.289. The van der Waals surface area contributed by atoms with Gasteiger partial charge in [0.15, 0.2) is 11.5 Å². The zero-order valence-corrected chi connectivity index (χ0v) is 11.0. The second-order valence-corrected chi connectivity index (χ2v) is 3.17. The third kappa shape index (κ3) is 1.97. The summed E-state index contributed by atoms with van der Waals surface area (Å²) >= 11 is 0. The van der Waals surface area contributed by atoms with Crippen molar-refractivity contribution in [2.75, 3.05) is 35.5 Å². The maximum Gasteiger partial charge on any atom is 0.211 e. The number of rotatable bonds is 5. The summed E-state index contributed by atoms with van der Waals surface area (Å²) in [5.41, 5.74) is 0.300. The first-order chi connectivity index (χ1) is 8.69. The highest BCUT2D eigenvalue weighted by Gasteiger charge is 2.27. The van der Waals surface area contributed by atoms with E-state index in [-0.39, 0.29) is 0 Å². The molecule has 0 atom stereocenters. The Kier molecular flexibility index (Phi) is 4.55. The van der Waals surface area contributed by atoms with Gasteiger partial charge in [0.1, 0.15) is 5.56 Å². The van der Waals surface area contributed by atoms with Gasteiger partial charge in [0.2, 0.25) is 17.2 Å². The van der Waals surface area contributed by atoms with E-state index < -0.39 is 0 Å². The Morgan fingerprint density at radius 3 is 1.11 bits per heavy atom. The minimum absolute atomic E-state index is 0.300. The van der Waals surface area contributed by atoms with Crippen molar-refractivity contribution in [1.29, 1.82) is 0 Å². The predicted molar refractivity (Wildman–Crippen MR) is 65.4 cm³/mol. The van der Waals surface area contributed by atoms with Crippen LogP contribution in [0.3, 0.4) is 0 Å². The highest BCUT2D eigenvalue weighted by atomic mass is 16.6. The van der Waals surface area contributed by atoms with E-state index in [4.69, 9.17) is 30.1 Å². The van der Waals surface area contributed by atoms with E-state index in [0.29, 0.717) is 34.3 Å². The first-order valence-corrected chi connectivity index (χ1v) is 5.06. The van der Waals surface area contributed by atoms with E-state index in [1.807, 2.05) is 0 Å². The van der Waals surface area contributed by atoms with Crippen LogP contribution in [0.1, 0.15) is 5.56 Å². The number of ether oxygens (including phenoxy) is 5. The van der Waals surface area contributed by atoms with Crippen LogP contribution in [0.5, 0.6) is 28.7 Å². The van der Waals surface area contributed by atoms with E-state index in [1.165, 1.54) is 35.5 Å². The number of hydrogen-bond acceptors (Lipinski definition) is 5. The molecule has 1 rings (SSSR count). The van der Waals surface area contributed by atoms with Crippen LogP contribution in [0, 0.1) is 12.3 Å². The molecule has 0 aliphatic heterocycles. The summed E-state index contributed by atoms with van der Waals surface area (Å²) in [6, 6.07) is 0. The quantitative estimate of drug-likeness (QED) is 0.745. The lowest BCUT2D eigenvalue weighted by Crippen LogP contribution is -2.03. The topological polar surface area (TPSA) is 46.2 Å². The molecule has 0 heterocycles. The zero-order chi connectivity index (χ0) is 13.7. The minimum atomic E-state index is 0.300. The summed E-state index contributed by atoms with van der Waals surface area (Å²) < 4.78 is 26.2. The molecule has 0 bridgehead atoms. The van der Waals surface area contributed by atoms with Crippen molar-refractivity contribution < 1.29 is 23.7 Å². The van der Waals surface area contributed by atoms with Crippen molar-refractivity contribution in [3.05, 3.63) is 12.0 Å². The van der Waals surface area contributed by atoms with Gasteiger partial charge in [-0.15, -0.1) is 0 Å². The van der Waals surface area contributed by atoms with E-state index in [9.17, 15) is 0 Å². The maximum absolute atomic E-state index is 7.34. The monoisotopic (exact) mass is 251 g/mol. The van der Waals surface area contributed by atoms with E-state index in [1.54, 1.807) is 0 Å². The van der Waals surface area contributed by atoms with Crippen molar-refractivity contribution in [1.82, 2.24) is 0 Å². The number of hydrogen-bond donors (Lipinski definition) is 0. The molecule has 5 heteroatoms. The van der Waals surface area contributed by atoms with E-state index in [0.717, 1.165) is 0 Å². The van der Waals surface area contributed by atoms with Gasteiger partial charge in [-0.3, -0.25) is 0 Å².